The summed E-state index contributed by atoms with van der Waals surface area (Å²) < 4.78 is 13.0. The Labute approximate surface area is 119 Å². The summed E-state index contributed by atoms with van der Waals surface area (Å²) in [6.07, 6.45) is 6.26. The molecule has 1 saturated heterocycles. The first-order valence-corrected chi connectivity index (χ1v) is 7.52. The van der Waals surface area contributed by atoms with Crippen LogP contribution in [0.4, 0.5) is 4.39 Å². The average molecular weight is 276 g/mol. The smallest absolute Gasteiger partial charge is 0.238 e. The van der Waals surface area contributed by atoms with Gasteiger partial charge in [0.15, 0.2) is 0 Å². The van der Waals surface area contributed by atoms with Crippen LogP contribution < -0.4 is 5.32 Å². The zero-order chi connectivity index (χ0) is 13.9. The second kappa shape index (κ2) is 5.92. The Bertz CT molecular complexity index is 468. The molecule has 1 aromatic rings. The number of hydrogen-bond acceptors (Lipinski definition) is 2. The summed E-state index contributed by atoms with van der Waals surface area (Å²) in [7, 11) is 0. The maximum absolute atomic E-state index is 13.0. The zero-order valence-electron chi connectivity index (χ0n) is 11.6. The fourth-order valence-corrected chi connectivity index (χ4v) is 3.36. The van der Waals surface area contributed by atoms with Crippen molar-refractivity contribution in [3.63, 3.8) is 0 Å². The summed E-state index contributed by atoms with van der Waals surface area (Å²) in [4.78, 5) is 13.9. The molecule has 1 aromatic carbocycles. The highest BCUT2D eigenvalue weighted by atomic mass is 19.1. The second-order valence-corrected chi connectivity index (χ2v) is 5.86. The molecular formula is C16H21FN2O. The van der Waals surface area contributed by atoms with Gasteiger partial charge in [-0.25, -0.2) is 4.39 Å². The van der Waals surface area contributed by atoms with Crippen molar-refractivity contribution in [1.82, 2.24) is 10.2 Å². The summed E-state index contributed by atoms with van der Waals surface area (Å²) in [6.45, 7) is 1.19. The van der Waals surface area contributed by atoms with Crippen molar-refractivity contribution in [2.45, 2.75) is 38.3 Å². The van der Waals surface area contributed by atoms with Gasteiger partial charge in [0.2, 0.25) is 5.91 Å². The Morgan fingerprint density at radius 3 is 2.60 bits per heavy atom. The quantitative estimate of drug-likeness (QED) is 0.917. The normalized spacial score (nSPS) is 23.8. The van der Waals surface area contributed by atoms with Crippen LogP contribution in [0.5, 0.6) is 0 Å². The third-order valence-corrected chi connectivity index (χ3v) is 4.52. The van der Waals surface area contributed by atoms with Crippen molar-refractivity contribution in [2.75, 3.05) is 13.1 Å². The van der Waals surface area contributed by atoms with Crippen LogP contribution in [0.15, 0.2) is 24.3 Å². The fourth-order valence-electron chi connectivity index (χ4n) is 3.36. The summed E-state index contributed by atoms with van der Waals surface area (Å²) >= 11 is 0. The number of rotatable bonds is 4. The molecule has 1 unspecified atom stereocenters. The number of hydrogen-bond donors (Lipinski definition) is 1. The van der Waals surface area contributed by atoms with Crippen LogP contribution in [0.25, 0.3) is 0 Å². The highest BCUT2D eigenvalue weighted by Crippen LogP contribution is 2.30. The molecule has 0 bridgehead atoms. The summed E-state index contributed by atoms with van der Waals surface area (Å²) in [5.41, 5.74) is 0.962. The maximum Gasteiger partial charge on any atom is 0.238 e. The van der Waals surface area contributed by atoms with Crippen LogP contribution in [0.3, 0.4) is 0 Å². The van der Waals surface area contributed by atoms with E-state index in [9.17, 15) is 9.18 Å². The molecule has 1 aliphatic heterocycles. The third kappa shape index (κ3) is 2.85. The predicted molar refractivity (Wildman–Crippen MR) is 75.4 cm³/mol. The Morgan fingerprint density at radius 1 is 1.20 bits per heavy atom. The van der Waals surface area contributed by atoms with Crippen molar-refractivity contribution in [3.8, 4) is 0 Å². The van der Waals surface area contributed by atoms with Crippen LogP contribution in [0, 0.1) is 11.7 Å². The van der Waals surface area contributed by atoms with Crippen LogP contribution in [0.2, 0.25) is 0 Å². The number of nitrogens with zero attached hydrogens (tertiary/aromatic N) is 1. The first-order valence-electron chi connectivity index (χ1n) is 7.52. The number of carbonyl (C=O) groups is 1. The van der Waals surface area contributed by atoms with Crippen LogP contribution in [-0.2, 0) is 4.79 Å². The largest absolute Gasteiger partial charge is 0.322 e. The SMILES string of the molecule is O=C1CNC(c2ccc(F)cc2)N1CCC1CCCC1. The molecule has 1 amide bonds. The highest BCUT2D eigenvalue weighted by Gasteiger charge is 2.31. The van der Waals surface area contributed by atoms with E-state index >= 15 is 0 Å². The van der Waals surface area contributed by atoms with E-state index in [1.165, 1.54) is 37.8 Å². The Kier molecular flexibility index (Phi) is 4.01. The van der Waals surface area contributed by atoms with E-state index in [1.54, 1.807) is 12.1 Å². The molecule has 1 N–H and O–H groups in total. The molecule has 3 nitrogen and oxygen atoms in total. The van der Waals surface area contributed by atoms with E-state index in [2.05, 4.69) is 5.32 Å². The molecule has 0 spiro atoms. The topological polar surface area (TPSA) is 32.3 Å². The van der Waals surface area contributed by atoms with Gasteiger partial charge < -0.3 is 4.90 Å². The van der Waals surface area contributed by atoms with E-state index < -0.39 is 0 Å². The minimum Gasteiger partial charge on any atom is -0.322 e. The molecule has 1 saturated carbocycles. The van der Waals surface area contributed by atoms with Crippen LogP contribution >= 0.6 is 0 Å². The summed E-state index contributed by atoms with van der Waals surface area (Å²) in [5, 5.41) is 3.22. The van der Waals surface area contributed by atoms with E-state index in [0.29, 0.717) is 6.54 Å². The third-order valence-electron chi connectivity index (χ3n) is 4.52. The lowest BCUT2D eigenvalue weighted by atomic mass is 10.0. The number of nitrogens with one attached hydrogen (secondary N) is 1. The van der Waals surface area contributed by atoms with Gasteiger partial charge in [0, 0.05) is 6.54 Å². The monoisotopic (exact) mass is 276 g/mol. The van der Waals surface area contributed by atoms with Crippen molar-refractivity contribution < 1.29 is 9.18 Å². The van der Waals surface area contributed by atoms with Crippen LogP contribution in [0.1, 0.15) is 43.8 Å². The van der Waals surface area contributed by atoms with Crippen molar-refractivity contribution in [1.29, 1.82) is 0 Å². The average Bonchev–Trinajstić information content (AvgIpc) is 3.07. The Hall–Kier alpha value is -1.42. The fraction of sp³-hybridized carbons (Fsp3) is 0.562. The van der Waals surface area contributed by atoms with Gasteiger partial charge in [0.25, 0.3) is 0 Å². The molecule has 1 heterocycles. The molecule has 108 valence electrons. The molecule has 0 aromatic heterocycles. The Morgan fingerprint density at radius 2 is 1.90 bits per heavy atom. The van der Waals surface area contributed by atoms with Crippen molar-refractivity contribution >= 4 is 5.91 Å². The van der Waals surface area contributed by atoms with Crippen molar-refractivity contribution in [2.24, 2.45) is 5.92 Å². The number of carbonyl (C=O) groups excluding carboxylic acids is 1. The molecule has 1 atom stereocenters. The van der Waals surface area contributed by atoms with Gasteiger partial charge in [-0.3, -0.25) is 10.1 Å². The van der Waals surface area contributed by atoms with Gasteiger partial charge in [-0.15, -0.1) is 0 Å². The number of benzene rings is 1. The molecule has 3 rings (SSSR count). The van der Waals surface area contributed by atoms with Gasteiger partial charge in [0.05, 0.1) is 6.54 Å². The van der Waals surface area contributed by atoms with E-state index in [1.807, 2.05) is 4.90 Å². The predicted octanol–water partition coefficient (Wildman–Crippen LogP) is 2.84. The molecule has 2 fully saturated rings. The number of amides is 1. The van der Waals surface area contributed by atoms with Gasteiger partial charge in [-0.05, 0) is 30.0 Å². The maximum atomic E-state index is 13.0. The minimum absolute atomic E-state index is 0.0931. The van der Waals surface area contributed by atoms with E-state index in [-0.39, 0.29) is 17.9 Å². The second-order valence-electron chi connectivity index (χ2n) is 5.86. The lowest BCUT2D eigenvalue weighted by molar-refractivity contribution is -0.128. The summed E-state index contributed by atoms with van der Waals surface area (Å²) in [6, 6.07) is 6.42. The standard InChI is InChI=1S/C16H21FN2O/c17-14-7-5-13(6-8-14)16-18-11-15(20)19(16)10-9-12-3-1-2-4-12/h5-8,12,16,18H,1-4,9-11H2. The molecule has 4 heteroatoms. The zero-order valence-corrected chi connectivity index (χ0v) is 11.6. The molecule has 0 radical (unpaired) electrons. The van der Waals surface area contributed by atoms with Crippen molar-refractivity contribution in [3.05, 3.63) is 35.6 Å². The first kappa shape index (κ1) is 13.6. The minimum atomic E-state index is -0.240. The molecule has 2 aliphatic rings. The first-order chi connectivity index (χ1) is 9.74. The summed E-state index contributed by atoms with van der Waals surface area (Å²) in [5.74, 6) is 0.685. The Balaban J connectivity index is 1.66. The van der Waals surface area contributed by atoms with E-state index in [4.69, 9.17) is 0 Å². The lowest BCUT2D eigenvalue weighted by Crippen LogP contribution is -2.32. The molecular weight excluding hydrogens is 255 g/mol. The van der Waals surface area contributed by atoms with Gasteiger partial charge in [-0.2, -0.15) is 0 Å². The number of halogens is 1. The van der Waals surface area contributed by atoms with Gasteiger partial charge in [-0.1, -0.05) is 37.8 Å². The molecule has 20 heavy (non-hydrogen) atoms. The molecule has 1 aliphatic carbocycles. The van der Waals surface area contributed by atoms with E-state index in [0.717, 1.165) is 24.4 Å². The van der Waals surface area contributed by atoms with Gasteiger partial charge >= 0.3 is 0 Å². The lowest BCUT2D eigenvalue weighted by Gasteiger charge is -2.26. The highest BCUT2D eigenvalue weighted by molar-refractivity contribution is 5.80. The van der Waals surface area contributed by atoms with Crippen LogP contribution in [-0.4, -0.2) is 23.9 Å². The van der Waals surface area contributed by atoms with Gasteiger partial charge in [0.1, 0.15) is 12.0 Å².